The Kier molecular flexibility index (Phi) is 8.06. The van der Waals surface area contributed by atoms with Crippen molar-refractivity contribution in [2.24, 2.45) is 0 Å². The van der Waals surface area contributed by atoms with Crippen LogP contribution in [0.15, 0.2) is 27.9 Å². The zero-order valence-electron chi connectivity index (χ0n) is 18.3. The third-order valence-corrected chi connectivity index (χ3v) is 5.88. The zero-order valence-corrected chi connectivity index (χ0v) is 19.8. The van der Waals surface area contributed by atoms with Gasteiger partial charge in [0.15, 0.2) is 6.10 Å². The van der Waals surface area contributed by atoms with Crippen LogP contribution in [0.1, 0.15) is 32.1 Å². The Bertz CT molecular complexity index is 1130. The molecule has 1 fully saturated rings. The van der Waals surface area contributed by atoms with E-state index < -0.39 is 41.7 Å². The zero-order chi connectivity index (χ0) is 24.3. The molecule has 1 saturated heterocycles. The lowest BCUT2D eigenvalue weighted by Gasteiger charge is -2.20. The smallest absolute Gasteiger partial charge is 0.330 e. The average molecular weight is 502 g/mol. The number of ether oxygens (including phenoxy) is 3. The van der Waals surface area contributed by atoms with E-state index in [-0.39, 0.29) is 23.7 Å². The molecule has 180 valence electrons. The van der Waals surface area contributed by atoms with Crippen LogP contribution in [0.3, 0.4) is 0 Å². The first-order valence-electron chi connectivity index (χ1n) is 10.3. The topological polar surface area (TPSA) is 132 Å². The molecule has 0 saturated carbocycles. The van der Waals surface area contributed by atoms with Crippen molar-refractivity contribution in [2.45, 2.75) is 51.2 Å². The van der Waals surface area contributed by atoms with Crippen molar-refractivity contribution in [1.82, 2.24) is 14.9 Å². The number of hydrogen-bond acceptors (Lipinski definition) is 7. The highest BCUT2D eigenvalue weighted by Crippen LogP contribution is 2.36. The summed E-state index contributed by atoms with van der Waals surface area (Å²) in [6, 6.07) is 2.93. The summed E-state index contributed by atoms with van der Waals surface area (Å²) in [7, 11) is 1.44. The van der Waals surface area contributed by atoms with E-state index >= 15 is 0 Å². The second-order valence-corrected chi connectivity index (χ2v) is 8.34. The Morgan fingerprint density at radius 2 is 2.03 bits per heavy atom. The van der Waals surface area contributed by atoms with Crippen molar-refractivity contribution in [2.75, 3.05) is 13.7 Å². The third kappa shape index (κ3) is 5.70. The van der Waals surface area contributed by atoms with Crippen LogP contribution in [0.25, 0.3) is 0 Å². The van der Waals surface area contributed by atoms with E-state index in [0.717, 1.165) is 0 Å². The van der Waals surface area contributed by atoms with E-state index in [1.807, 2.05) is 0 Å². The number of aliphatic hydroxyl groups is 1. The van der Waals surface area contributed by atoms with Gasteiger partial charge in [0, 0.05) is 30.8 Å². The lowest BCUT2D eigenvalue weighted by atomic mass is 10.1. The second-order valence-electron chi connectivity index (χ2n) is 7.53. The Balaban J connectivity index is 1.61. The highest BCUT2D eigenvalue weighted by Gasteiger charge is 2.36. The minimum absolute atomic E-state index is 0.0133. The number of aliphatic hydroxyl groups excluding tert-OH is 1. The molecule has 1 aromatic carbocycles. The number of H-pyrrole nitrogens is 1. The lowest BCUT2D eigenvalue weighted by Crippen LogP contribution is -2.42. The van der Waals surface area contributed by atoms with Crippen LogP contribution < -0.4 is 26.0 Å². The number of carbonyl (C=O) groups is 1. The molecule has 33 heavy (non-hydrogen) atoms. The maximum Gasteiger partial charge on any atom is 0.330 e. The molecular formula is C21H25Cl2N3O7. The number of nitrogens with zero attached hydrogens (tertiary/aromatic N) is 1. The van der Waals surface area contributed by atoms with Gasteiger partial charge in [-0.2, -0.15) is 0 Å². The molecule has 0 unspecified atom stereocenters. The number of aromatic nitrogens is 2. The summed E-state index contributed by atoms with van der Waals surface area (Å²) in [6.45, 7) is 3.31. The van der Waals surface area contributed by atoms with Crippen LogP contribution in [0.4, 0.5) is 0 Å². The first kappa shape index (κ1) is 25.1. The number of aromatic amines is 1. The van der Waals surface area contributed by atoms with Crippen molar-refractivity contribution < 1.29 is 24.1 Å². The number of carbonyl (C=O) groups excluding carboxylic acids is 1. The third-order valence-electron chi connectivity index (χ3n) is 5.29. The minimum atomic E-state index is -0.926. The van der Waals surface area contributed by atoms with Gasteiger partial charge in [-0.25, -0.2) is 4.79 Å². The van der Waals surface area contributed by atoms with Crippen LogP contribution in [0.5, 0.6) is 11.5 Å². The van der Waals surface area contributed by atoms with Gasteiger partial charge >= 0.3 is 5.69 Å². The summed E-state index contributed by atoms with van der Waals surface area (Å²) in [5.74, 6) is 0.108. The Labute approximate surface area is 199 Å². The van der Waals surface area contributed by atoms with Crippen molar-refractivity contribution in [3.8, 4) is 11.5 Å². The molecule has 0 bridgehead atoms. The normalized spacial score (nSPS) is 21.0. The summed E-state index contributed by atoms with van der Waals surface area (Å²) in [6.07, 6.45) is -1.38. The van der Waals surface area contributed by atoms with Gasteiger partial charge in [-0.3, -0.25) is 19.1 Å². The second kappa shape index (κ2) is 10.6. The van der Waals surface area contributed by atoms with E-state index in [1.54, 1.807) is 6.92 Å². The quantitative estimate of drug-likeness (QED) is 0.500. The van der Waals surface area contributed by atoms with E-state index in [2.05, 4.69) is 10.3 Å². The van der Waals surface area contributed by atoms with Gasteiger partial charge in [0.1, 0.15) is 23.8 Å². The first-order chi connectivity index (χ1) is 15.6. The molecule has 10 nitrogen and oxygen atoms in total. The van der Waals surface area contributed by atoms with Gasteiger partial charge in [-0.05, 0) is 19.4 Å². The largest absolute Gasteiger partial charge is 0.495 e. The molecule has 1 amide bonds. The highest BCUT2D eigenvalue weighted by atomic mass is 35.5. The lowest BCUT2D eigenvalue weighted by molar-refractivity contribution is -0.128. The number of hydrogen-bond donors (Lipinski definition) is 3. The maximum absolute atomic E-state index is 12.5. The Hall–Kier alpha value is -2.53. The molecule has 0 spiro atoms. The van der Waals surface area contributed by atoms with E-state index in [9.17, 15) is 19.5 Å². The molecule has 4 atom stereocenters. The van der Waals surface area contributed by atoms with Crippen LogP contribution in [0.2, 0.25) is 10.0 Å². The molecule has 1 aromatic heterocycles. The summed E-state index contributed by atoms with van der Waals surface area (Å²) in [4.78, 5) is 38.7. The molecule has 0 radical (unpaired) electrons. The number of rotatable bonds is 8. The number of amides is 1. The van der Waals surface area contributed by atoms with Gasteiger partial charge in [-0.15, -0.1) is 0 Å². The molecule has 3 N–H and O–H groups in total. The molecule has 0 aliphatic carbocycles. The summed E-state index contributed by atoms with van der Waals surface area (Å²) in [5.41, 5.74) is -0.655. The Morgan fingerprint density at radius 3 is 2.70 bits per heavy atom. The molecule has 3 rings (SSSR count). The van der Waals surface area contributed by atoms with Crippen LogP contribution >= 0.6 is 23.2 Å². The van der Waals surface area contributed by atoms with Crippen molar-refractivity contribution >= 4 is 29.1 Å². The predicted molar refractivity (Wildman–Crippen MR) is 121 cm³/mol. The van der Waals surface area contributed by atoms with Crippen molar-refractivity contribution in [1.29, 1.82) is 0 Å². The number of benzene rings is 1. The molecule has 2 aromatic rings. The molecule has 12 heteroatoms. The highest BCUT2D eigenvalue weighted by molar-refractivity contribution is 6.36. The van der Waals surface area contributed by atoms with Crippen LogP contribution in [-0.2, 0) is 16.0 Å². The Morgan fingerprint density at radius 1 is 1.33 bits per heavy atom. The van der Waals surface area contributed by atoms with Gasteiger partial charge < -0.3 is 24.6 Å². The fourth-order valence-corrected chi connectivity index (χ4v) is 3.91. The monoisotopic (exact) mass is 501 g/mol. The van der Waals surface area contributed by atoms with Gasteiger partial charge in [0.05, 0.1) is 23.3 Å². The van der Waals surface area contributed by atoms with E-state index in [4.69, 9.17) is 37.4 Å². The van der Waals surface area contributed by atoms with Crippen molar-refractivity contribution in [3.63, 3.8) is 0 Å². The van der Waals surface area contributed by atoms with Crippen molar-refractivity contribution in [3.05, 3.63) is 54.8 Å². The summed E-state index contributed by atoms with van der Waals surface area (Å²) in [5, 5.41) is 13.5. The number of halogens is 2. The summed E-state index contributed by atoms with van der Waals surface area (Å²) >= 11 is 12.1. The van der Waals surface area contributed by atoms with Gasteiger partial charge in [-0.1, -0.05) is 30.1 Å². The maximum atomic E-state index is 12.5. The molecule has 1 aliphatic heterocycles. The number of aryl methyl sites for hydroxylation is 1. The summed E-state index contributed by atoms with van der Waals surface area (Å²) < 4.78 is 17.8. The standard InChI is InChI=1S/C21H25Cl2N3O7/c1-4-11-9-26(21(30)25-20(11)29)18-6-14(27)17(33-18)8-24-19(28)10(2)32-16-7-15(31-3)12(22)5-13(16)23/h5,7,9-10,14,17-18,27H,4,6,8H2,1-3H3,(H,24,28)(H,25,29,30)/t10-,14-,17+,18+/m0/s1. The SMILES string of the molecule is CCc1cn([C@H]2C[C@H](O)[C@@H](CNC(=O)[C@H](C)Oc3cc(OC)c(Cl)cc3Cl)O2)c(=O)[nH]c1=O. The van der Waals surface area contributed by atoms with Gasteiger partial charge in [0.25, 0.3) is 11.5 Å². The van der Waals surface area contributed by atoms with E-state index in [0.29, 0.717) is 22.8 Å². The van der Waals surface area contributed by atoms with Gasteiger partial charge in [0.2, 0.25) is 0 Å². The number of methoxy groups -OCH3 is 1. The van der Waals surface area contributed by atoms with Crippen LogP contribution in [0, 0.1) is 0 Å². The van der Waals surface area contributed by atoms with Crippen LogP contribution in [-0.4, -0.2) is 52.5 Å². The molecule has 1 aliphatic rings. The fraction of sp³-hybridized carbons (Fsp3) is 0.476. The fourth-order valence-electron chi connectivity index (χ4n) is 3.41. The average Bonchev–Trinajstić information content (AvgIpc) is 3.14. The van der Waals surface area contributed by atoms with E-state index in [1.165, 1.54) is 36.9 Å². The predicted octanol–water partition coefficient (Wildman–Crippen LogP) is 1.65. The molecular weight excluding hydrogens is 477 g/mol. The number of nitrogens with one attached hydrogen (secondary N) is 2. The first-order valence-corrected chi connectivity index (χ1v) is 11.0. The minimum Gasteiger partial charge on any atom is -0.495 e. The molecule has 2 heterocycles.